The molecule has 7 nitrogen and oxygen atoms in total. The van der Waals surface area contributed by atoms with Crippen LogP contribution in [0.4, 0.5) is 9.18 Å². The number of piperidine rings is 1. The Bertz CT molecular complexity index is 933. The molecule has 158 valence electrons. The Balaban J connectivity index is 2.05. The summed E-state index contributed by atoms with van der Waals surface area (Å²) in [5, 5.41) is 0.786. The fourth-order valence-corrected chi connectivity index (χ4v) is 4.21. The number of aryl methyl sites for hydroxylation is 1. The molecule has 0 spiro atoms. The Morgan fingerprint density at radius 1 is 1.31 bits per heavy atom. The molecule has 8 heteroatoms. The molecule has 1 saturated heterocycles. The first-order valence-corrected chi connectivity index (χ1v) is 9.50. The van der Waals surface area contributed by atoms with Gasteiger partial charge in [0, 0.05) is 12.0 Å². The molecular weight excluding hydrogens is 379 g/mol. The van der Waals surface area contributed by atoms with Crippen LogP contribution in [-0.4, -0.2) is 48.9 Å². The number of methoxy groups -OCH3 is 1. The Morgan fingerprint density at radius 3 is 2.59 bits per heavy atom. The summed E-state index contributed by atoms with van der Waals surface area (Å²) >= 11 is 0. The fraction of sp³-hybridized carbons (Fsp3) is 0.524. The van der Waals surface area contributed by atoms with Gasteiger partial charge < -0.3 is 24.5 Å². The second-order valence-corrected chi connectivity index (χ2v) is 8.55. The van der Waals surface area contributed by atoms with Crippen LogP contribution in [0.2, 0.25) is 0 Å². The minimum Gasteiger partial charge on any atom is -0.496 e. The van der Waals surface area contributed by atoms with Crippen LogP contribution in [0.25, 0.3) is 11.0 Å². The quantitative estimate of drug-likeness (QED) is 0.836. The number of fused-ring (bicyclic) bond motifs is 1. The number of furan rings is 1. The number of alkyl halides is 1. The Kier molecular flexibility index (Phi) is 5.47. The van der Waals surface area contributed by atoms with Crippen LogP contribution in [0.1, 0.15) is 43.1 Å². The monoisotopic (exact) mass is 406 g/mol. The van der Waals surface area contributed by atoms with Crippen molar-refractivity contribution < 1.29 is 27.9 Å². The van der Waals surface area contributed by atoms with Crippen LogP contribution < -0.4 is 10.5 Å². The number of ether oxygens (including phenoxy) is 2. The Hall–Kier alpha value is -2.77. The van der Waals surface area contributed by atoms with Crippen molar-refractivity contribution in [3.05, 3.63) is 29.5 Å². The predicted octanol–water partition coefficient (Wildman–Crippen LogP) is 3.81. The number of primary amides is 1. The van der Waals surface area contributed by atoms with Gasteiger partial charge in [0.05, 0.1) is 31.3 Å². The van der Waals surface area contributed by atoms with Crippen molar-refractivity contribution in [2.45, 2.75) is 52.4 Å². The second-order valence-electron chi connectivity index (χ2n) is 8.55. The lowest BCUT2D eigenvalue weighted by molar-refractivity contribution is -0.0570. The molecule has 29 heavy (non-hydrogen) atoms. The van der Waals surface area contributed by atoms with Crippen molar-refractivity contribution in [3.63, 3.8) is 0 Å². The lowest BCUT2D eigenvalue weighted by Crippen LogP contribution is -2.61. The van der Waals surface area contributed by atoms with Gasteiger partial charge >= 0.3 is 6.09 Å². The summed E-state index contributed by atoms with van der Waals surface area (Å²) in [4.78, 5) is 26.2. The van der Waals surface area contributed by atoms with E-state index >= 15 is 0 Å². The number of nitrogens with two attached hydrogens (primary N) is 1. The van der Waals surface area contributed by atoms with E-state index in [1.807, 2.05) is 27.7 Å². The number of carbonyl (C=O) groups is 2. The summed E-state index contributed by atoms with van der Waals surface area (Å²) in [6.45, 7) is 7.51. The first-order valence-electron chi connectivity index (χ1n) is 9.50. The van der Waals surface area contributed by atoms with E-state index in [4.69, 9.17) is 19.6 Å². The number of likely N-dealkylation sites (tertiary alicyclic amines) is 1. The molecule has 2 amide bonds. The molecule has 1 unspecified atom stereocenters. The smallest absolute Gasteiger partial charge is 0.404 e. The number of rotatable bonds is 3. The zero-order valence-electron chi connectivity index (χ0n) is 17.3. The molecule has 3 rings (SSSR count). The molecule has 2 heterocycles. The molecular formula is C21H27FN2O5. The third-order valence-corrected chi connectivity index (χ3v) is 5.28. The van der Waals surface area contributed by atoms with Crippen LogP contribution >= 0.6 is 0 Å². The summed E-state index contributed by atoms with van der Waals surface area (Å²) in [7, 11) is 1.52. The predicted molar refractivity (Wildman–Crippen MR) is 106 cm³/mol. The van der Waals surface area contributed by atoms with E-state index in [-0.39, 0.29) is 18.9 Å². The molecule has 1 aromatic heterocycles. The maximum absolute atomic E-state index is 14.5. The van der Waals surface area contributed by atoms with Crippen molar-refractivity contribution in [3.8, 4) is 5.75 Å². The van der Waals surface area contributed by atoms with Gasteiger partial charge in [-0.3, -0.25) is 4.79 Å². The second kappa shape index (κ2) is 7.57. The molecule has 0 aliphatic carbocycles. The van der Waals surface area contributed by atoms with Gasteiger partial charge in [-0.1, -0.05) is 20.8 Å². The van der Waals surface area contributed by atoms with Gasteiger partial charge in [0.2, 0.25) is 0 Å². The third-order valence-electron chi connectivity index (χ3n) is 5.28. The molecule has 1 aliphatic rings. The van der Waals surface area contributed by atoms with Gasteiger partial charge in [0.15, 0.2) is 0 Å². The van der Waals surface area contributed by atoms with E-state index in [1.165, 1.54) is 12.0 Å². The summed E-state index contributed by atoms with van der Waals surface area (Å²) in [6, 6.07) is 2.70. The Labute approximate surface area is 168 Å². The molecule has 2 aromatic rings. The highest BCUT2D eigenvalue weighted by Crippen LogP contribution is 2.37. The highest BCUT2D eigenvalue weighted by Gasteiger charge is 2.46. The van der Waals surface area contributed by atoms with E-state index in [1.54, 1.807) is 18.4 Å². The normalized spacial score (nSPS) is 22.6. The molecule has 3 atom stereocenters. The van der Waals surface area contributed by atoms with Crippen molar-refractivity contribution in [1.82, 2.24) is 4.90 Å². The van der Waals surface area contributed by atoms with Crippen LogP contribution in [0.15, 0.2) is 22.8 Å². The van der Waals surface area contributed by atoms with Crippen molar-refractivity contribution in [1.29, 1.82) is 0 Å². The zero-order valence-corrected chi connectivity index (χ0v) is 17.3. The highest BCUT2D eigenvalue weighted by atomic mass is 19.1. The van der Waals surface area contributed by atoms with Crippen molar-refractivity contribution in [2.24, 2.45) is 11.1 Å². The SMILES string of the molecule is COc1cc(C(=O)N2C[C@H](F)C[C@@H](OC(N)=O)C2C(C)(C)C)cc2occ(C)c12. The minimum atomic E-state index is -1.33. The van der Waals surface area contributed by atoms with E-state index in [9.17, 15) is 14.0 Å². The number of nitrogens with zero attached hydrogens (tertiary/aromatic N) is 1. The van der Waals surface area contributed by atoms with Crippen LogP contribution in [-0.2, 0) is 4.74 Å². The van der Waals surface area contributed by atoms with E-state index in [2.05, 4.69) is 0 Å². The maximum atomic E-state index is 14.5. The summed E-state index contributed by atoms with van der Waals surface area (Å²) in [6.07, 6.45) is -1.57. The lowest BCUT2D eigenvalue weighted by Gasteiger charge is -2.47. The largest absolute Gasteiger partial charge is 0.496 e. The number of carbonyl (C=O) groups excluding carboxylic acids is 2. The molecule has 0 bridgehead atoms. The number of halogens is 1. The van der Waals surface area contributed by atoms with Crippen molar-refractivity contribution in [2.75, 3.05) is 13.7 Å². The first kappa shape index (κ1) is 21.0. The van der Waals surface area contributed by atoms with Gasteiger partial charge in [-0.25, -0.2) is 9.18 Å². The number of benzene rings is 1. The van der Waals surface area contributed by atoms with Crippen molar-refractivity contribution >= 4 is 23.0 Å². The first-order chi connectivity index (χ1) is 13.5. The Morgan fingerprint density at radius 2 is 2.00 bits per heavy atom. The topological polar surface area (TPSA) is 95.0 Å². The maximum Gasteiger partial charge on any atom is 0.404 e. The van der Waals surface area contributed by atoms with Gasteiger partial charge in [0.1, 0.15) is 23.6 Å². The zero-order chi connectivity index (χ0) is 21.5. The summed E-state index contributed by atoms with van der Waals surface area (Å²) in [5.41, 5.74) is 6.42. The van der Waals surface area contributed by atoms with E-state index < -0.39 is 29.8 Å². The van der Waals surface area contributed by atoms with Gasteiger partial charge in [-0.15, -0.1) is 0 Å². The molecule has 0 saturated carbocycles. The lowest BCUT2D eigenvalue weighted by atomic mass is 9.78. The fourth-order valence-electron chi connectivity index (χ4n) is 4.21. The van der Waals surface area contributed by atoms with Crippen LogP contribution in [0.3, 0.4) is 0 Å². The minimum absolute atomic E-state index is 0.00556. The highest BCUT2D eigenvalue weighted by molar-refractivity contribution is 6.00. The molecule has 1 aliphatic heterocycles. The average molecular weight is 406 g/mol. The summed E-state index contributed by atoms with van der Waals surface area (Å²) in [5.74, 6) is 0.114. The molecule has 1 aromatic carbocycles. The summed E-state index contributed by atoms with van der Waals surface area (Å²) < 4.78 is 30.7. The number of hydrogen-bond acceptors (Lipinski definition) is 5. The van der Waals surface area contributed by atoms with E-state index in [0.717, 1.165) is 10.9 Å². The number of amides is 2. The van der Waals surface area contributed by atoms with Gasteiger partial charge in [0.25, 0.3) is 5.91 Å². The molecule has 1 fully saturated rings. The van der Waals surface area contributed by atoms with Gasteiger partial charge in [-0.05, 0) is 30.0 Å². The van der Waals surface area contributed by atoms with E-state index in [0.29, 0.717) is 16.9 Å². The third kappa shape index (κ3) is 4.02. The standard InChI is InChI=1S/C21H27FN2O5/c1-11-10-28-15-7-12(6-14(27-5)17(11)15)19(25)24-9-13(22)8-16(29-20(23)26)18(24)21(2,3)4/h6-7,10,13,16,18H,8-9H2,1-5H3,(H2,23,26)/t13-,16-,18?/m1/s1. The molecule has 2 N–H and O–H groups in total. The number of hydrogen-bond donors (Lipinski definition) is 1. The molecule has 0 radical (unpaired) electrons. The van der Waals surface area contributed by atoms with Crippen LogP contribution in [0.5, 0.6) is 5.75 Å². The van der Waals surface area contributed by atoms with Crippen LogP contribution in [0, 0.1) is 12.3 Å². The van der Waals surface area contributed by atoms with Gasteiger partial charge in [-0.2, -0.15) is 0 Å². The average Bonchev–Trinajstić information content (AvgIpc) is 2.99.